The number of carboxylic acids is 1. The number of halogens is 1. The van der Waals surface area contributed by atoms with Crippen LogP contribution in [0.1, 0.15) is 55.8 Å². The third-order valence-corrected chi connectivity index (χ3v) is 3.90. The first kappa shape index (κ1) is 16.7. The van der Waals surface area contributed by atoms with Gasteiger partial charge in [-0.05, 0) is 12.8 Å². The highest BCUT2D eigenvalue weighted by molar-refractivity contribution is 6.33. The number of carbonyl (C=O) groups excluding carboxylic acids is 1. The van der Waals surface area contributed by atoms with Crippen molar-refractivity contribution >= 4 is 23.5 Å². The minimum Gasteiger partial charge on any atom is -0.481 e. The molecule has 6 nitrogen and oxygen atoms in total. The summed E-state index contributed by atoms with van der Waals surface area (Å²) in [4.78, 5) is 33.8. The molecule has 1 heterocycles. The number of hydrogen-bond donors (Lipinski definition) is 1. The largest absolute Gasteiger partial charge is 0.481 e. The average molecular weight is 326 g/mol. The van der Waals surface area contributed by atoms with E-state index in [0.29, 0.717) is 5.82 Å². The monoisotopic (exact) mass is 325 g/mol. The maximum atomic E-state index is 12.7. The van der Waals surface area contributed by atoms with Crippen LogP contribution in [-0.2, 0) is 4.79 Å². The number of carboxylic acid groups (broad SMARTS) is 1. The van der Waals surface area contributed by atoms with E-state index in [4.69, 9.17) is 16.7 Å². The second kappa shape index (κ2) is 6.60. The zero-order valence-electron chi connectivity index (χ0n) is 12.9. The predicted molar refractivity (Wildman–Crippen MR) is 82.0 cm³/mol. The van der Waals surface area contributed by atoms with Crippen molar-refractivity contribution in [2.75, 3.05) is 6.54 Å². The van der Waals surface area contributed by atoms with Gasteiger partial charge in [0.25, 0.3) is 5.91 Å². The molecule has 1 N–H and O–H groups in total. The Balaban J connectivity index is 2.27. The molecule has 0 aromatic carbocycles. The topological polar surface area (TPSA) is 83.4 Å². The highest BCUT2D eigenvalue weighted by Gasteiger charge is 2.36. The van der Waals surface area contributed by atoms with Gasteiger partial charge in [0.2, 0.25) is 0 Å². The molecule has 0 radical (unpaired) electrons. The van der Waals surface area contributed by atoms with Crippen LogP contribution in [0, 0.1) is 5.92 Å². The van der Waals surface area contributed by atoms with Crippen LogP contribution >= 0.6 is 11.6 Å². The van der Waals surface area contributed by atoms with E-state index in [1.165, 1.54) is 6.20 Å². The van der Waals surface area contributed by atoms with Gasteiger partial charge in [-0.25, -0.2) is 9.97 Å². The van der Waals surface area contributed by atoms with E-state index in [1.807, 2.05) is 13.8 Å². The second-order valence-electron chi connectivity index (χ2n) is 6.01. The van der Waals surface area contributed by atoms with Crippen LogP contribution in [0.5, 0.6) is 0 Å². The van der Waals surface area contributed by atoms with Crippen molar-refractivity contribution in [3.05, 3.63) is 22.7 Å². The fraction of sp³-hybridized carbons (Fsp3) is 0.600. The van der Waals surface area contributed by atoms with Crippen LogP contribution in [0.2, 0.25) is 5.02 Å². The number of aromatic nitrogens is 2. The number of nitrogens with zero attached hydrogens (tertiary/aromatic N) is 3. The van der Waals surface area contributed by atoms with Crippen molar-refractivity contribution in [2.24, 2.45) is 5.92 Å². The Labute approximate surface area is 134 Å². The molecule has 1 unspecified atom stereocenters. The summed E-state index contributed by atoms with van der Waals surface area (Å²) in [5, 5.41) is 9.26. The summed E-state index contributed by atoms with van der Waals surface area (Å²) in [5.74, 6) is -1.24. The van der Waals surface area contributed by atoms with E-state index in [0.717, 1.165) is 12.8 Å². The third kappa shape index (κ3) is 3.74. The highest BCUT2D eigenvalue weighted by Crippen LogP contribution is 2.30. The van der Waals surface area contributed by atoms with Crippen LogP contribution in [0.4, 0.5) is 0 Å². The van der Waals surface area contributed by atoms with Gasteiger partial charge >= 0.3 is 5.97 Å². The van der Waals surface area contributed by atoms with Crippen LogP contribution in [0.15, 0.2) is 6.20 Å². The van der Waals surface area contributed by atoms with Crippen molar-refractivity contribution in [1.29, 1.82) is 0 Å². The summed E-state index contributed by atoms with van der Waals surface area (Å²) in [7, 11) is 0. The van der Waals surface area contributed by atoms with Crippen LogP contribution < -0.4 is 0 Å². The summed E-state index contributed by atoms with van der Waals surface area (Å²) in [6.07, 6.45) is 3.21. The van der Waals surface area contributed by atoms with Gasteiger partial charge in [0.1, 0.15) is 5.82 Å². The first-order valence-electron chi connectivity index (χ1n) is 7.37. The van der Waals surface area contributed by atoms with E-state index in [-0.39, 0.29) is 35.1 Å². The fourth-order valence-electron chi connectivity index (χ4n) is 2.10. The van der Waals surface area contributed by atoms with Gasteiger partial charge in [0.15, 0.2) is 5.69 Å². The molecule has 1 aliphatic carbocycles. The SMILES string of the molecule is CC(CN(C(=O)c1nc(C(C)C)ncc1Cl)C1CC1)C(=O)O. The maximum absolute atomic E-state index is 12.7. The maximum Gasteiger partial charge on any atom is 0.308 e. The molecule has 120 valence electrons. The molecule has 1 fully saturated rings. The van der Waals surface area contributed by atoms with Gasteiger partial charge < -0.3 is 10.0 Å². The van der Waals surface area contributed by atoms with Crippen LogP contribution in [0.25, 0.3) is 0 Å². The van der Waals surface area contributed by atoms with E-state index in [1.54, 1.807) is 11.8 Å². The summed E-state index contributed by atoms with van der Waals surface area (Å²) in [6.45, 7) is 5.62. The zero-order chi connectivity index (χ0) is 16.4. The minimum atomic E-state index is -0.921. The molecule has 1 aliphatic rings. The van der Waals surface area contributed by atoms with Crippen molar-refractivity contribution < 1.29 is 14.7 Å². The molecule has 0 spiro atoms. The van der Waals surface area contributed by atoms with Gasteiger partial charge in [-0.1, -0.05) is 32.4 Å². The Morgan fingerprint density at radius 2 is 2.05 bits per heavy atom. The van der Waals surface area contributed by atoms with E-state index >= 15 is 0 Å². The fourth-order valence-corrected chi connectivity index (χ4v) is 2.27. The molecule has 1 aromatic rings. The van der Waals surface area contributed by atoms with Crippen LogP contribution in [0.3, 0.4) is 0 Å². The lowest BCUT2D eigenvalue weighted by Crippen LogP contribution is -2.39. The molecular weight excluding hydrogens is 306 g/mol. The molecule has 2 rings (SSSR count). The number of carbonyl (C=O) groups is 2. The standard InChI is InChI=1S/C15H20ClN3O3/c1-8(2)13-17-6-11(16)12(18-13)14(20)19(10-4-5-10)7-9(3)15(21)22/h6,8-10H,4-5,7H2,1-3H3,(H,21,22). The molecule has 1 atom stereocenters. The van der Waals surface area contributed by atoms with Crippen molar-refractivity contribution in [3.8, 4) is 0 Å². The van der Waals surface area contributed by atoms with Crippen molar-refractivity contribution in [1.82, 2.24) is 14.9 Å². The highest BCUT2D eigenvalue weighted by atomic mass is 35.5. The van der Waals surface area contributed by atoms with E-state index in [9.17, 15) is 9.59 Å². The Morgan fingerprint density at radius 1 is 1.41 bits per heavy atom. The lowest BCUT2D eigenvalue weighted by Gasteiger charge is -2.24. The van der Waals surface area contributed by atoms with E-state index in [2.05, 4.69) is 9.97 Å². The van der Waals surface area contributed by atoms with Crippen molar-refractivity contribution in [2.45, 2.75) is 45.6 Å². The summed E-state index contributed by atoms with van der Waals surface area (Å²) in [6, 6.07) is 0.0860. The first-order valence-corrected chi connectivity index (χ1v) is 7.75. The van der Waals surface area contributed by atoms with Gasteiger partial charge in [0.05, 0.1) is 17.1 Å². The minimum absolute atomic E-state index is 0.0798. The first-order chi connectivity index (χ1) is 10.3. The molecule has 22 heavy (non-hydrogen) atoms. The van der Waals surface area contributed by atoms with Gasteiger partial charge in [0, 0.05) is 18.5 Å². The number of amides is 1. The molecule has 1 saturated carbocycles. The summed E-state index contributed by atoms with van der Waals surface area (Å²) in [5.41, 5.74) is 0.157. The molecule has 0 bridgehead atoms. The Kier molecular flexibility index (Phi) is 5.01. The number of rotatable bonds is 6. The zero-order valence-corrected chi connectivity index (χ0v) is 13.7. The second-order valence-corrected chi connectivity index (χ2v) is 6.41. The molecule has 7 heteroatoms. The lowest BCUT2D eigenvalue weighted by molar-refractivity contribution is -0.141. The smallest absolute Gasteiger partial charge is 0.308 e. The average Bonchev–Trinajstić information content (AvgIpc) is 3.28. The summed E-state index contributed by atoms with van der Waals surface area (Å²) >= 11 is 6.08. The number of hydrogen-bond acceptors (Lipinski definition) is 4. The third-order valence-electron chi connectivity index (χ3n) is 3.62. The normalized spacial score (nSPS) is 15.7. The predicted octanol–water partition coefficient (Wildman–Crippen LogP) is 2.58. The molecule has 0 saturated heterocycles. The molecule has 0 aliphatic heterocycles. The van der Waals surface area contributed by atoms with Gasteiger partial charge in [-0.15, -0.1) is 0 Å². The Hall–Kier alpha value is -1.69. The summed E-state index contributed by atoms with van der Waals surface area (Å²) < 4.78 is 0. The van der Waals surface area contributed by atoms with E-state index < -0.39 is 11.9 Å². The van der Waals surface area contributed by atoms with Crippen molar-refractivity contribution in [3.63, 3.8) is 0 Å². The van der Waals surface area contributed by atoms with Crippen LogP contribution in [-0.4, -0.2) is 44.4 Å². The molecule has 1 aromatic heterocycles. The van der Waals surface area contributed by atoms with Gasteiger partial charge in [-0.2, -0.15) is 0 Å². The lowest BCUT2D eigenvalue weighted by atomic mass is 10.1. The molecular formula is C15H20ClN3O3. The molecule has 1 amide bonds. The Bertz CT molecular complexity index is 587. The quantitative estimate of drug-likeness (QED) is 0.869. The Morgan fingerprint density at radius 3 is 2.55 bits per heavy atom. The van der Waals surface area contributed by atoms with Gasteiger partial charge in [-0.3, -0.25) is 9.59 Å². The number of aliphatic carboxylic acids is 1.